The Hall–Kier alpha value is -2.14. The van der Waals surface area contributed by atoms with E-state index in [1.54, 1.807) is 30.8 Å². The van der Waals surface area contributed by atoms with Crippen LogP contribution in [-0.2, 0) is 0 Å². The normalized spacial score (nSPS) is 15.9. The summed E-state index contributed by atoms with van der Waals surface area (Å²) < 4.78 is 10.9. The number of carbonyl (C=O) groups excluding carboxylic acids is 1. The topological polar surface area (TPSA) is 48.4 Å². The lowest BCUT2D eigenvalue weighted by Gasteiger charge is -2.20. The van der Waals surface area contributed by atoms with Gasteiger partial charge in [-0.1, -0.05) is 6.07 Å². The Labute approximate surface area is 120 Å². The standard InChI is InChI=1S/C15H13NO3S/c1-9-13(20-8-16-9)6-10-7-19-15-11(14(10)17)4-3-5-12(15)18-2/h3-6,8H,7H2,1-2H3/b10-6+. The Bertz CT molecular complexity index is 703. The first kappa shape index (κ1) is 12.9. The van der Waals surface area contributed by atoms with Gasteiger partial charge in [0.2, 0.25) is 0 Å². The molecule has 0 N–H and O–H groups in total. The zero-order valence-corrected chi connectivity index (χ0v) is 12.0. The maximum atomic E-state index is 12.5. The maximum Gasteiger partial charge on any atom is 0.196 e. The van der Waals surface area contributed by atoms with Crippen LogP contribution < -0.4 is 9.47 Å². The van der Waals surface area contributed by atoms with Gasteiger partial charge in [0.1, 0.15) is 6.61 Å². The molecule has 1 aliphatic heterocycles. The number of rotatable bonds is 2. The second kappa shape index (κ2) is 5.09. The third-order valence-corrected chi connectivity index (χ3v) is 4.07. The maximum absolute atomic E-state index is 12.5. The molecule has 5 heteroatoms. The molecule has 20 heavy (non-hydrogen) atoms. The van der Waals surface area contributed by atoms with Crippen LogP contribution in [0.1, 0.15) is 20.9 Å². The van der Waals surface area contributed by atoms with Gasteiger partial charge in [-0.3, -0.25) is 4.79 Å². The molecule has 0 unspecified atom stereocenters. The van der Waals surface area contributed by atoms with Crippen LogP contribution in [0.25, 0.3) is 6.08 Å². The molecule has 0 saturated carbocycles. The number of carbonyl (C=O) groups is 1. The minimum absolute atomic E-state index is 0.0158. The Kier molecular flexibility index (Phi) is 3.28. The predicted octanol–water partition coefficient (Wildman–Crippen LogP) is 3.12. The van der Waals surface area contributed by atoms with Gasteiger partial charge in [-0.25, -0.2) is 4.98 Å². The van der Waals surface area contributed by atoms with E-state index in [-0.39, 0.29) is 12.4 Å². The van der Waals surface area contributed by atoms with Crippen molar-refractivity contribution < 1.29 is 14.3 Å². The van der Waals surface area contributed by atoms with E-state index in [4.69, 9.17) is 9.47 Å². The number of nitrogens with zero attached hydrogens (tertiary/aromatic N) is 1. The van der Waals surface area contributed by atoms with Crippen molar-refractivity contribution in [3.05, 3.63) is 45.4 Å². The van der Waals surface area contributed by atoms with E-state index in [1.807, 2.05) is 13.0 Å². The van der Waals surface area contributed by atoms with Gasteiger partial charge in [-0.05, 0) is 25.1 Å². The molecule has 0 amide bonds. The van der Waals surface area contributed by atoms with Crippen LogP contribution in [-0.4, -0.2) is 24.5 Å². The van der Waals surface area contributed by atoms with Crippen LogP contribution in [0.5, 0.6) is 11.5 Å². The number of aromatic nitrogens is 1. The molecule has 4 nitrogen and oxygen atoms in total. The van der Waals surface area contributed by atoms with Crippen LogP contribution >= 0.6 is 11.3 Å². The lowest BCUT2D eigenvalue weighted by Crippen LogP contribution is -2.19. The molecule has 1 aromatic carbocycles. The average molecular weight is 287 g/mol. The van der Waals surface area contributed by atoms with Crippen LogP contribution in [0.2, 0.25) is 0 Å². The molecule has 1 aromatic heterocycles. The van der Waals surface area contributed by atoms with Gasteiger partial charge >= 0.3 is 0 Å². The Morgan fingerprint density at radius 3 is 3.00 bits per heavy atom. The number of Topliss-reactive ketones (excluding diaryl/α,β-unsaturated/α-hetero) is 1. The molecular weight excluding hydrogens is 274 g/mol. The van der Waals surface area contributed by atoms with Gasteiger partial charge in [-0.2, -0.15) is 0 Å². The number of hydrogen-bond donors (Lipinski definition) is 0. The molecule has 3 rings (SSSR count). The molecule has 102 valence electrons. The smallest absolute Gasteiger partial charge is 0.196 e. The van der Waals surface area contributed by atoms with Gasteiger partial charge < -0.3 is 9.47 Å². The number of benzene rings is 1. The van der Waals surface area contributed by atoms with Gasteiger partial charge in [0.05, 0.1) is 28.8 Å². The second-order valence-corrected chi connectivity index (χ2v) is 5.31. The summed E-state index contributed by atoms with van der Waals surface area (Å²) in [5.41, 5.74) is 3.88. The minimum Gasteiger partial charge on any atom is -0.493 e. The summed E-state index contributed by atoms with van der Waals surface area (Å²) >= 11 is 1.51. The highest BCUT2D eigenvalue weighted by Gasteiger charge is 2.26. The van der Waals surface area contributed by atoms with E-state index >= 15 is 0 Å². The monoisotopic (exact) mass is 287 g/mol. The largest absolute Gasteiger partial charge is 0.493 e. The Morgan fingerprint density at radius 1 is 1.45 bits per heavy atom. The quantitative estimate of drug-likeness (QED) is 0.796. The highest BCUT2D eigenvalue weighted by molar-refractivity contribution is 7.10. The first-order chi connectivity index (χ1) is 9.70. The second-order valence-electron chi connectivity index (χ2n) is 4.43. The summed E-state index contributed by atoms with van der Waals surface area (Å²) in [6.45, 7) is 2.18. The zero-order valence-electron chi connectivity index (χ0n) is 11.2. The molecule has 0 atom stereocenters. The summed E-state index contributed by atoms with van der Waals surface area (Å²) in [6, 6.07) is 5.33. The van der Waals surface area contributed by atoms with E-state index < -0.39 is 0 Å². The Morgan fingerprint density at radius 2 is 2.30 bits per heavy atom. The van der Waals surface area contributed by atoms with Crippen molar-refractivity contribution in [3.8, 4) is 11.5 Å². The van der Waals surface area contributed by atoms with Gasteiger partial charge in [0, 0.05) is 5.57 Å². The van der Waals surface area contributed by atoms with Crippen molar-refractivity contribution >= 4 is 23.2 Å². The third kappa shape index (κ3) is 2.10. The predicted molar refractivity (Wildman–Crippen MR) is 77.6 cm³/mol. The van der Waals surface area contributed by atoms with Crippen molar-refractivity contribution in [3.63, 3.8) is 0 Å². The summed E-state index contributed by atoms with van der Waals surface area (Å²) in [5.74, 6) is 1.10. The average Bonchev–Trinajstić information content (AvgIpc) is 2.87. The number of ketones is 1. The lowest BCUT2D eigenvalue weighted by atomic mass is 9.99. The number of para-hydroxylation sites is 1. The summed E-state index contributed by atoms with van der Waals surface area (Å²) in [7, 11) is 1.56. The molecule has 0 spiro atoms. The van der Waals surface area contributed by atoms with E-state index in [9.17, 15) is 4.79 Å². The molecule has 0 fully saturated rings. The van der Waals surface area contributed by atoms with Gasteiger partial charge in [0.25, 0.3) is 0 Å². The molecule has 0 aliphatic carbocycles. The lowest BCUT2D eigenvalue weighted by molar-refractivity contribution is 0.0999. The molecule has 2 heterocycles. The Balaban J connectivity index is 2.02. The molecule has 2 aromatic rings. The molecule has 0 radical (unpaired) electrons. The third-order valence-electron chi connectivity index (χ3n) is 3.20. The number of hydrogen-bond acceptors (Lipinski definition) is 5. The number of ether oxygens (including phenoxy) is 2. The molecule has 1 aliphatic rings. The fourth-order valence-corrected chi connectivity index (χ4v) is 2.87. The number of thiazole rings is 1. The van der Waals surface area contributed by atoms with Gasteiger partial charge in [0.15, 0.2) is 17.3 Å². The van der Waals surface area contributed by atoms with Crippen molar-refractivity contribution in [2.75, 3.05) is 13.7 Å². The van der Waals surface area contributed by atoms with Crippen molar-refractivity contribution in [2.45, 2.75) is 6.92 Å². The van der Waals surface area contributed by atoms with E-state index in [0.717, 1.165) is 10.6 Å². The highest BCUT2D eigenvalue weighted by Crippen LogP contribution is 2.36. The summed E-state index contributed by atoms with van der Waals surface area (Å²) in [4.78, 5) is 17.7. The summed E-state index contributed by atoms with van der Waals surface area (Å²) in [6.07, 6.45) is 1.86. The number of aryl methyl sites for hydroxylation is 1. The SMILES string of the molecule is COc1cccc2c1OC/C(=C\c1scnc1C)C2=O. The highest BCUT2D eigenvalue weighted by atomic mass is 32.1. The molecular formula is C15H13NO3S. The van der Waals surface area contributed by atoms with Gasteiger partial charge in [-0.15, -0.1) is 11.3 Å². The molecule has 0 bridgehead atoms. The van der Waals surface area contributed by atoms with Crippen LogP contribution in [0, 0.1) is 6.92 Å². The van der Waals surface area contributed by atoms with Crippen molar-refractivity contribution in [1.29, 1.82) is 0 Å². The van der Waals surface area contributed by atoms with Crippen molar-refractivity contribution in [2.24, 2.45) is 0 Å². The first-order valence-corrected chi connectivity index (χ1v) is 7.04. The van der Waals surface area contributed by atoms with Crippen LogP contribution in [0.4, 0.5) is 0 Å². The molecule has 0 saturated heterocycles. The fraction of sp³-hybridized carbons (Fsp3) is 0.200. The fourth-order valence-electron chi connectivity index (χ4n) is 2.11. The van der Waals surface area contributed by atoms with Crippen LogP contribution in [0.15, 0.2) is 29.3 Å². The van der Waals surface area contributed by atoms with Crippen molar-refractivity contribution in [1.82, 2.24) is 4.98 Å². The number of fused-ring (bicyclic) bond motifs is 1. The van der Waals surface area contributed by atoms with E-state index in [0.29, 0.717) is 22.6 Å². The van der Waals surface area contributed by atoms with Crippen LogP contribution in [0.3, 0.4) is 0 Å². The summed E-state index contributed by atoms with van der Waals surface area (Å²) in [5, 5.41) is 0. The number of methoxy groups -OCH3 is 1. The first-order valence-electron chi connectivity index (χ1n) is 6.16. The zero-order chi connectivity index (χ0) is 14.1. The minimum atomic E-state index is -0.0158. The van der Waals surface area contributed by atoms with E-state index in [1.165, 1.54) is 11.3 Å². The van der Waals surface area contributed by atoms with E-state index in [2.05, 4.69) is 4.98 Å².